The third-order valence-corrected chi connectivity index (χ3v) is 6.14. The lowest BCUT2D eigenvalue weighted by atomic mass is 10.0. The van der Waals surface area contributed by atoms with Crippen molar-refractivity contribution in [2.75, 3.05) is 13.4 Å². The highest BCUT2D eigenvalue weighted by Gasteiger charge is 2.16. The maximum Gasteiger partial charge on any atom is 0.175 e. The van der Waals surface area contributed by atoms with Crippen LogP contribution in [-0.4, -0.2) is 36.5 Å². The van der Waals surface area contributed by atoms with Crippen LogP contribution in [0.4, 0.5) is 0 Å². The molecule has 30 heavy (non-hydrogen) atoms. The smallest absolute Gasteiger partial charge is 0.175 e. The SMILES string of the molecule is COc1cccc(-c2cc(-c3ccc(S(C)(=O)=O)cc3)nc3c2cnn3C(C)C)c1. The number of aromatic nitrogens is 3. The minimum Gasteiger partial charge on any atom is -0.497 e. The zero-order valence-corrected chi connectivity index (χ0v) is 18.1. The number of ether oxygens (including phenoxy) is 1. The Bertz CT molecular complexity index is 1320. The average Bonchev–Trinajstić information content (AvgIpc) is 3.17. The van der Waals surface area contributed by atoms with E-state index in [-0.39, 0.29) is 10.9 Å². The van der Waals surface area contributed by atoms with Crippen molar-refractivity contribution in [2.45, 2.75) is 24.8 Å². The number of rotatable bonds is 5. The summed E-state index contributed by atoms with van der Waals surface area (Å²) in [4.78, 5) is 5.15. The largest absolute Gasteiger partial charge is 0.497 e. The molecule has 6 nitrogen and oxygen atoms in total. The van der Waals surface area contributed by atoms with Crippen LogP contribution in [0, 0.1) is 0 Å². The second-order valence-electron chi connectivity index (χ2n) is 7.50. The topological polar surface area (TPSA) is 74.1 Å². The molecule has 0 amide bonds. The molecule has 7 heteroatoms. The summed E-state index contributed by atoms with van der Waals surface area (Å²) < 4.78 is 30.9. The molecule has 0 unspecified atom stereocenters. The molecule has 0 atom stereocenters. The van der Waals surface area contributed by atoms with E-state index in [2.05, 4.69) is 18.9 Å². The number of hydrogen-bond acceptors (Lipinski definition) is 5. The molecule has 0 saturated heterocycles. The van der Waals surface area contributed by atoms with Crippen molar-refractivity contribution >= 4 is 20.9 Å². The van der Waals surface area contributed by atoms with Crippen LogP contribution in [0.1, 0.15) is 19.9 Å². The molecule has 2 heterocycles. The van der Waals surface area contributed by atoms with E-state index in [9.17, 15) is 8.42 Å². The van der Waals surface area contributed by atoms with Gasteiger partial charge >= 0.3 is 0 Å². The van der Waals surface area contributed by atoms with Gasteiger partial charge in [0.05, 0.1) is 23.9 Å². The van der Waals surface area contributed by atoms with Crippen LogP contribution < -0.4 is 4.74 Å². The first-order valence-corrected chi connectivity index (χ1v) is 11.5. The van der Waals surface area contributed by atoms with E-state index in [4.69, 9.17) is 9.72 Å². The molecular weight excluding hydrogens is 398 g/mol. The molecule has 0 N–H and O–H groups in total. The quantitative estimate of drug-likeness (QED) is 0.465. The number of fused-ring (bicyclic) bond motifs is 1. The Balaban J connectivity index is 1.95. The summed E-state index contributed by atoms with van der Waals surface area (Å²) in [5, 5.41) is 5.50. The van der Waals surface area contributed by atoms with E-state index < -0.39 is 9.84 Å². The predicted octanol–water partition coefficient (Wildman–Crippen LogP) is 4.76. The van der Waals surface area contributed by atoms with Crippen LogP contribution in [0.3, 0.4) is 0 Å². The van der Waals surface area contributed by atoms with Gasteiger partial charge in [-0.2, -0.15) is 5.10 Å². The van der Waals surface area contributed by atoms with Crippen LogP contribution in [-0.2, 0) is 9.84 Å². The predicted molar refractivity (Wildman–Crippen MR) is 118 cm³/mol. The number of nitrogens with zero attached hydrogens (tertiary/aromatic N) is 3. The van der Waals surface area contributed by atoms with E-state index in [1.807, 2.05) is 41.2 Å². The molecular formula is C23H23N3O3S. The fourth-order valence-corrected chi connectivity index (χ4v) is 4.08. The molecule has 0 aliphatic rings. The number of methoxy groups -OCH3 is 1. The minimum absolute atomic E-state index is 0.149. The summed E-state index contributed by atoms with van der Waals surface area (Å²) >= 11 is 0. The van der Waals surface area contributed by atoms with E-state index in [1.54, 1.807) is 31.4 Å². The Hall–Kier alpha value is -3.19. The lowest BCUT2D eigenvalue weighted by Gasteiger charge is -2.12. The molecule has 154 valence electrons. The molecule has 4 aromatic rings. The highest BCUT2D eigenvalue weighted by atomic mass is 32.2. The Morgan fingerprint density at radius 2 is 1.73 bits per heavy atom. The fourth-order valence-electron chi connectivity index (χ4n) is 3.45. The summed E-state index contributed by atoms with van der Waals surface area (Å²) in [6.45, 7) is 4.12. The molecule has 2 aromatic heterocycles. The first-order chi connectivity index (χ1) is 14.3. The van der Waals surface area contributed by atoms with Gasteiger partial charge < -0.3 is 4.74 Å². The Morgan fingerprint density at radius 3 is 2.37 bits per heavy atom. The van der Waals surface area contributed by atoms with Gasteiger partial charge in [-0.15, -0.1) is 0 Å². The normalized spacial score (nSPS) is 11.9. The van der Waals surface area contributed by atoms with Crippen molar-refractivity contribution in [1.29, 1.82) is 0 Å². The van der Waals surface area contributed by atoms with Gasteiger partial charge in [0.25, 0.3) is 0 Å². The summed E-state index contributed by atoms with van der Waals surface area (Å²) in [7, 11) is -1.61. The summed E-state index contributed by atoms with van der Waals surface area (Å²) in [6.07, 6.45) is 3.04. The number of benzene rings is 2. The van der Waals surface area contributed by atoms with Crippen LogP contribution in [0.5, 0.6) is 5.75 Å². The Kier molecular flexibility index (Phi) is 5.07. The zero-order chi connectivity index (χ0) is 21.5. The molecule has 0 fully saturated rings. The van der Waals surface area contributed by atoms with E-state index in [0.29, 0.717) is 0 Å². The van der Waals surface area contributed by atoms with Gasteiger partial charge in [-0.05, 0) is 55.3 Å². The monoisotopic (exact) mass is 421 g/mol. The van der Waals surface area contributed by atoms with Crippen molar-refractivity contribution in [2.24, 2.45) is 0 Å². The highest BCUT2D eigenvalue weighted by molar-refractivity contribution is 7.90. The van der Waals surface area contributed by atoms with Gasteiger partial charge in [0.1, 0.15) is 5.75 Å². The molecule has 2 aromatic carbocycles. The Labute approximate surface area is 176 Å². The molecule has 0 radical (unpaired) electrons. The summed E-state index contributed by atoms with van der Waals surface area (Å²) in [5.41, 5.74) is 4.37. The van der Waals surface area contributed by atoms with Crippen molar-refractivity contribution < 1.29 is 13.2 Å². The summed E-state index contributed by atoms with van der Waals surface area (Å²) in [5.74, 6) is 0.771. The van der Waals surface area contributed by atoms with Crippen molar-refractivity contribution in [3.05, 3.63) is 60.8 Å². The van der Waals surface area contributed by atoms with E-state index in [0.717, 1.165) is 39.2 Å². The molecule has 0 bridgehead atoms. The number of hydrogen-bond donors (Lipinski definition) is 0. The number of pyridine rings is 1. The zero-order valence-electron chi connectivity index (χ0n) is 17.3. The lowest BCUT2D eigenvalue weighted by Crippen LogP contribution is -2.04. The first kappa shape index (κ1) is 20.1. The lowest BCUT2D eigenvalue weighted by molar-refractivity contribution is 0.415. The third kappa shape index (κ3) is 3.68. The average molecular weight is 422 g/mol. The van der Waals surface area contributed by atoms with Gasteiger partial charge in [0, 0.05) is 23.2 Å². The van der Waals surface area contributed by atoms with Crippen LogP contribution in [0.2, 0.25) is 0 Å². The maximum atomic E-state index is 11.8. The fraction of sp³-hybridized carbons (Fsp3) is 0.217. The van der Waals surface area contributed by atoms with Crippen molar-refractivity contribution in [3.63, 3.8) is 0 Å². The standard InChI is InChI=1S/C23H23N3O3S/c1-15(2)26-23-21(14-24-26)20(17-6-5-7-18(12-17)29-3)13-22(25-23)16-8-10-19(11-9-16)30(4,27)28/h5-15H,1-4H3. The molecule has 4 rings (SSSR count). The van der Waals surface area contributed by atoms with Crippen molar-refractivity contribution in [1.82, 2.24) is 14.8 Å². The second-order valence-corrected chi connectivity index (χ2v) is 9.52. The first-order valence-electron chi connectivity index (χ1n) is 9.61. The Morgan fingerprint density at radius 1 is 1.00 bits per heavy atom. The van der Waals surface area contributed by atoms with E-state index >= 15 is 0 Å². The minimum atomic E-state index is -3.25. The third-order valence-electron chi connectivity index (χ3n) is 5.01. The number of sulfone groups is 1. The van der Waals surface area contributed by atoms with Crippen LogP contribution in [0.25, 0.3) is 33.4 Å². The van der Waals surface area contributed by atoms with Crippen LogP contribution in [0.15, 0.2) is 65.7 Å². The molecule has 0 saturated carbocycles. The van der Waals surface area contributed by atoms with E-state index in [1.165, 1.54) is 6.26 Å². The second kappa shape index (κ2) is 7.57. The molecule has 0 aliphatic carbocycles. The molecule has 0 spiro atoms. The van der Waals surface area contributed by atoms with Crippen molar-refractivity contribution in [3.8, 4) is 28.1 Å². The summed E-state index contributed by atoms with van der Waals surface area (Å²) in [6, 6.07) is 16.8. The van der Waals surface area contributed by atoms with Gasteiger partial charge in [0.15, 0.2) is 15.5 Å². The maximum absolute atomic E-state index is 11.8. The van der Waals surface area contributed by atoms with Gasteiger partial charge in [-0.3, -0.25) is 0 Å². The van der Waals surface area contributed by atoms with Gasteiger partial charge in [-0.25, -0.2) is 18.1 Å². The van der Waals surface area contributed by atoms with Gasteiger partial charge in [-0.1, -0.05) is 24.3 Å². The van der Waals surface area contributed by atoms with Crippen LogP contribution >= 0.6 is 0 Å². The molecule has 0 aliphatic heterocycles. The highest BCUT2D eigenvalue weighted by Crippen LogP contribution is 2.34. The van der Waals surface area contributed by atoms with Gasteiger partial charge in [0.2, 0.25) is 0 Å².